The van der Waals surface area contributed by atoms with Gasteiger partial charge in [0.05, 0.1) is 32.5 Å². The van der Waals surface area contributed by atoms with E-state index in [-0.39, 0.29) is 62.5 Å². The van der Waals surface area contributed by atoms with Gasteiger partial charge in [0.25, 0.3) is 0 Å². The third-order valence-corrected chi connectivity index (χ3v) is 3.34. The van der Waals surface area contributed by atoms with E-state index >= 15 is 0 Å². The van der Waals surface area contributed by atoms with Gasteiger partial charge in [-0.05, 0) is 13.3 Å². The highest BCUT2D eigenvalue weighted by Gasteiger charge is 2.08. The number of ketones is 1. The number of nitrogens with one attached hydrogen (secondary N) is 2. The predicted octanol–water partition coefficient (Wildman–Crippen LogP) is 0.292. The molecule has 0 rings (SSSR count). The number of hydrogen-bond donors (Lipinski definition) is 2. The second kappa shape index (κ2) is 14.8. The Balaban J connectivity index is 3.52. The molecule has 0 aliphatic heterocycles. The molecule has 0 spiro atoms. The van der Waals surface area contributed by atoms with Gasteiger partial charge in [0.15, 0.2) is 5.78 Å². The quantitative estimate of drug-likeness (QED) is 0.407. The lowest BCUT2D eigenvalue weighted by molar-refractivity contribution is -0.129. The number of rotatable bonds is 15. The van der Waals surface area contributed by atoms with E-state index in [1.165, 1.54) is 0 Å². The molecular formula is C17H32N2O6. The third kappa shape index (κ3) is 14.5. The van der Waals surface area contributed by atoms with Crippen LogP contribution in [-0.4, -0.2) is 69.8 Å². The van der Waals surface area contributed by atoms with Gasteiger partial charge in [-0.1, -0.05) is 20.8 Å². The van der Waals surface area contributed by atoms with Gasteiger partial charge < -0.3 is 24.8 Å². The molecule has 0 fully saturated rings. The van der Waals surface area contributed by atoms with Gasteiger partial charge in [0, 0.05) is 12.5 Å². The van der Waals surface area contributed by atoms with E-state index in [1.807, 2.05) is 13.8 Å². The summed E-state index contributed by atoms with van der Waals surface area (Å²) in [5.74, 6) is -0.730. The van der Waals surface area contributed by atoms with Crippen molar-refractivity contribution < 1.29 is 28.6 Å². The van der Waals surface area contributed by atoms with Crippen LogP contribution < -0.4 is 10.6 Å². The summed E-state index contributed by atoms with van der Waals surface area (Å²) in [4.78, 5) is 34.3. The molecule has 0 aliphatic rings. The van der Waals surface area contributed by atoms with Gasteiger partial charge in [-0.25, -0.2) is 0 Å². The van der Waals surface area contributed by atoms with Crippen LogP contribution in [0.15, 0.2) is 0 Å². The zero-order valence-corrected chi connectivity index (χ0v) is 15.8. The first-order chi connectivity index (χ1) is 11.9. The molecule has 1 unspecified atom stereocenters. The van der Waals surface area contributed by atoms with Crippen molar-refractivity contribution >= 4 is 17.6 Å². The summed E-state index contributed by atoms with van der Waals surface area (Å²) in [6.07, 6.45) is 1.10. The lowest BCUT2D eigenvalue weighted by atomic mass is 10.1. The number of hydrogen-bond acceptors (Lipinski definition) is 6. The largest absolute Gasteiger partial charge is 0.376 e. The van der Waals surface area contributed by atoms with Crippen LogP contribution >= 0.6 is 0 Å². The minimum absolute atomic E-state index is 0.0214. The molecule has 0 saturated carbocycles. The molecule has 0 aromatic heterocycles. The second-order valence-corrected chi connectivity index (χ2v) is 5.94. The Morgan fingerprint density at radius 2 is 1.56 bits per heavy atom. The number of Topliss-reactive ketones (excluding diaryl/α,β-unsaturated/α-hetero) is 1. The van der Waals surface area contributed by atoms with Gasteiger partial charge in [-0.2, -0.15) is 0 Å². The maximum Gasteiger partial charge on any atom is 0.246 e. The maximum atomic E-state index is 11.5. The van der Waals surface area contributed by atoms with Gasteiger partial charge >= 0.3 is 0 Å². The first-order valence-electron chi connectivity index (χ1n) is 8.70. The summed E-state index contributed by atoms with van der Waals surface area (Å²) < 4.78 is 15.7. The fraction of sp³-hybridized carbons (Fsp3) is 0.824. The first-order valence-corrected chi connectivity index (χ1v) is 8.70. The Kier molecular flexibility index (Phi) is 13.9. The van der Waals surface area contributed by atoms with Crippen molar-refractivity contribution in [3.63, 3.8) is 0 Å². The Hall–Kier alpha value is -1.51. The molecule has 0 radical (unpaired) electrons. The van der Waals surface area contributed by atoms with Crippen molar-refractivity contribution in [3.05, 3.63) is 0 Å². The SMILES string of the molecule is CCC(C)OCCOCC(=O)NCC(=O)NCCOCC(=O)C(C)C. The van der Waals surface area contributed by atoms with Crippen LogP contribution in [0.5, 0.6) is 0 Å². The summed E-state index contributed by atoms with van der Waals surface area (Å²) in [5, 5.41) is 5.04. The van der Waals surface area contributed by atoms with Crippen LogP contribution in [0.4, 0.5) is 0 Å². The van der Waals surface area contributed by atoms with Gasteiger partial charge in [-0.3, -0.25) is 14.4 Å². The number of ether oxygens (including phenoxy) is 3. The molecule has 0 aromatic carbocycles. The fourth-order valence-corrected chi connectivity index (χ4v) is 1.49. The molecule has 0 bridgehead atoms. The van der Waals surface area contributed by atoms with Crippen molar-refractivity contribution in [1.29, 1.82) is 0 Å². The van der Waals surface area contributed by atoms with Crippen LogP contribution in [0.25, 0.3) is 0 Å². The minimum Gasteiger partial charge on any atom is -0.376 e. The Labute approximate surface area is 150 Å². The molecule has 8 nitrogen and oxygen atoms in total. The molecule has 0 aliphatic carbocycles. The number of carbonyl (C=O) groups is 3. The Bertz CT molecular complexity index is 401. The van der Waals surface area contributed by atoms with Crippen molar-refractivity contribution in [3.8, 4) is 0 Å². The highest BCUT2D eigenvalue weighted by atomic mass is 16.5. The first kappa shape index (κ1) is 23.5. The standard InChI is InChI=1S/C17H32N2O6/c1-5-14(4)25-9-8-24-12-17(22)19-10-16(21)18-6-7-23-11-15(20)13(2)3/h13-14H,5-12H2,1-4H3,(H,18,21)(H,19,22). The highest BCUT2D eigenvalue weighted by Crippen LogP contribution is 1.95. The van der Waals surface area contributed by atoms with E-state index in [1.54, 1.807) is 13.8 Å². The lowest BCUT2D eigenvalue weighted by Crippen LogP contribution is -2.39. The van der Waals surface area contributed by atoms with E-state index in [9.17, 15) is 14.4 Å². The highest BCUT2D eigenvalue weighted by molar-refractivity contribution is 5.85. The zero-order chi connectivity index (χ0) is 19.1. The summed E-state index contributed by atoms with van der Waals surface area (Å²) in [6, 6.07) is 0. The normalized spacial score (nSPS) is 12.0. The van der Waals surface area contributed by atoms with Crippen LogP contribution in [-0.2, 0) is 28.6 Å². The predicted molar refractivity (Wildman–Crippen MR) is 93.2 cm³/mol. The van der Waals surface area contributed by atoms with E-state index in [4.69, 9.17) is 14.2 Å². The average molecular weight is 360 g/mol. The minimum atomic E-state index is -0.363. The lowest BCUT2D eigenvalue weighted by Gasteiger charge is -2.11. The van der Waals surface area contributed by atoms with Gasteiger partial charge in [-0.15, -0.1) is 0 Å². The molecule has 25 heavy (non-hydrogen) atoms. The fourth-order valence-electron chi connectivity index (χ4n) is 1.49. The van der Waals surface area contributed by atoms with E-state index in [2.05, 4.69) is 10.6 Å². The van der Waals surface area contributed by atoms with Crippen LogP contribution in [0.2, 0.25) is 0 Å². The topological polar surface area (TPSA) is 103 Å². The molecule has 0 aromatic rings. The van der Waals surface area contributed by atoms with Crippen molar-refractivity contribution in [2.75, 3.05) is 46.1 Å². The molecular weight excluding hydrogens is 328 g/mol. The van der Waals surface area contributed by atoms with Crippen molar-refractivity contribution in [1.82, 2.24) is 10.6 Å². The number of amides is 2. The smallest absolute Gasteiger partial charge is 0.246 e. The average Bonchev–Trinajstić information content (AvgIpc) is 2.58. The molecule has 146 valence electrons. The monoisotopic (exact) mass is 360 g/mol. The van der Waals surface area contributed by atoms with Crippen molar-refractivity contribution in [2.45, 2.75) is 40.2 Å². The molecule has 8 heteroatoms. The molecule has 2 amide bonds. The molecule has 2 N–H and O–H groups in total. The molecule has 1 atom stereocenters. The summed E-state index contributed by atoms with van der Waals surface area (Å²) in [5.41, 5.74) is 0. The van der Waals surface area contributed by atoms with Crippen LogP contribution in [0, 0.1) is 5.92 Å². The second-order valence-electron chi connectivity index (χ2n) is 5.94. The Morgan fingerprint density at radius 1 is 0.880 bits per heavy atom. The maximum absolute atomic E-state index is 11.5. The summed E-state index contributed by atoms with van der Waals surface area (Å²) >= 11 is 0. The van der Waals surface area contributed by atoms with Crippen LogP contribution in [0.3, 0.4) is 0 Å². The van der Waals surface area contributed by atoms with E-state index < -0.39 is 0 Å². The van der Waals surface area contributed by atoms with E-state index in [0.29, 0.717) is 13.2 Å². The van der Waals surface area contributed by atoms with Gasteiger partial charge in [0.2, 0.25) is 11.8 Å². The summed E-state index contributed by atoms with van der Waals surface area (Å²) in [7, 11) is 0. The third-order valence-electron chi connectivity index (χ3n) is 3.34. The number of carbonyl (C=O) groups excluding carboxylic acids is 3. The zero-order valence-electron chi connectivity index (χ0n) is 15.8. The Morgan fingerprint density at radius 3 is 2.20 bits per heavy atom. The molecule has 0 saturated heterocycles. The van der Waals surface area contributed by atoms with E-state index in [0.717, 1.165) is 6.42 Å². The molecule has 0 heterocycles. The summed E-state index contributed by atoms with van der Waals surface area (Å²) in [6.45, 7) is 8.70. The van der Waals surface area contributed by atoms with Crippen molar-refractivity contribution in [2.24, 2.45) is 5.92 Å². The van der Waals surface area contributed by atoms with Crippen LogP contribution in [0.1, 0.15) is 34.1 Å². The van der Waals surface area contributed by atoms with Gasteiger partial charge in [0.1, 0.15) is 13.2 Å².